The van der Waals surface area contributed by atoms with Crippen LogP contribution in [0.3, 0.4) is 0 Å². The number of aliphatic carboxylic acids is 1. The fourth-order valence-electron chi connectivity index (χ4n) is 3.21. The minimum Gasteiger partial charge on any atom is -0.480 e. The molecule has 4 atom stereocenters. The molecule has 1 aliphatic heterocycles. The number of amides is 3. The molecule has 1 aromatic carbocycles. The van der Waals surface area contributed by atoms with Crippen molar-refractivity contribution in [1.82, 2.24) is 16.0 Å². The van der Waals surface area contributed by atoms with E-state index in [1.54, 1.807) is 6.92 Å². The molecule has 0 spiro atoms. The molecule has 0 unspecified atom stereocenters. The predicted molar refractivity (Wildman–Crippen MR) is 109 cm³/mol. The van der Waals surface area contributed by atoms with Gasteiger partial charge in [0.15, 0.2) is 0 Å². The van der Waals surface area contributed by atoms with Gasteiger partial charge in [-0.2, -0.15) is 0 Å². The number of esters is 1. The summed E-state index contributed by atoms with van der Waals surface area (Å²) in [7, 11) is 0. The van der Waals surface area contributed by atoms with E-state index in [1.165, 1.54) is 6.92 Å². The molecule has 0 radical (unpaired) electrons. The van der Waals surface area contributed by atoms with E-state index < -0.39 is 60.1 Å². The summed E-state index contributed by atoms with van der Waals surface area (Å²) >= 11 is 0. The average molecular weight is 433 g/mol. The van der Waals surface area contributed by atoms with Crippen LogP contribution in [-0.2, 0) is 35.1 Å². The van der Waals surface area contributed by atoms with E-state index in [0.29, 0.717) is 6.42 Å². The van der Waals surface area contributed by atoms with Crippen LogP contribution in [0.4, 0.5) is 0 Å². The molecule has 0 aliphatic carbocycles. The van der Waals surface area contributed by atoms with Gasteiger partial charge in [0, 0.05) is 6.42 Å². The van der Waals surface area contributed by atoms with Crippen molar-refractivity contribution in [1.29, 1.82) is 0 Å². The maximum atomic E-state index is 12.4. The number of carbonyl (C=O) groups excluding carboxylic acids is 4. The van der Waals surface area contributed by atoms with Crippen LogP contribution in [0.15, 0.2) is 30.3 Å². The molecule has 0 saturated carbocycles. The Balaban J connectivity index is 1.90. The van der Waals surface area contributed by atoms with Crippen LogP contribution in [0.1, 0.15) is 32.3 Å². The number of ether oxygens (including phenoxy) is 1. The van der Waals surface area contributed by atoms with Crippen LogP contribution in [0, 0.1) is 5.92 Å². The molecule has 0 bridgehead atoms. The second-order valence-corrected chi connectivity index (χ2v) is 7.36. The van der Waals surface area contributed by atoms with Gasteiger partial charge in [0.05, 0.1) is 18.9 Å². The van der Waals surface area contributed by atoms with Gasteiger partial charge in [-0.05, 0) is 18.9 Å². The summed E-state index contributed by atoms with van der Waals surface area (Å²) in [5, 5.41) is 16.8. The van der Waals surface area contributed by atoms with Gasteiger partial charge in [-0.1, -0.05) is 37.3 Å². The predicted octanol–water partition coefficient (Wildman–Crippen LogP) is -0.239. The lowest BCUT2D eigenvalue weighted by Crippen LogP contribution is -2.63. The molecule has 1 heterocycles. The molecule has 10 nitrogen and oxygen atoms in total. The number of benzene rings is 1. The van der Waals surface area contributed by atoms with Crippen molar-refractivity contribution in [2.75, 3.05) is 6.61 Å². The summed E-state index contributed by atoms with van der Waals surface area (Å²) in [5.41, 5.74) is 0.874. The molecule has 1 saturated heterocycles. The Labute approximate surface area is 179 Å². The first-order valence-electron chi connectivity index (χ1n) is 10.0. The second-order valence-electron chi connectivity index (χ2n) is 7.36. The van der Waals surface area contributed by atoms with Gasteiger partial charge in [-0.25, -0.2) is 4.79 Å². The van der Waals surface area contributed by atoms with Crippen molar-refractivity contribution < 1.29 is 33.8 Å². The van der Waals surface area contributed by atoms with Gasteiger partial charge in [0.25, 0.3) is 0 Å². The standard InChI is InChI=1S/C21H27N3O7/c1-3-31-21(30)12(2)9-16(20(28)29)22-17(25)11-15-19(27)23-14(18(26)24-15)10-13-7-5-4-6-8-13/h4-8,12,14-16H,3,9-11H2,1-2H3,(H,22,25)(H,23,27)(H,24,26)(H,28,29)/t12-,14+,15+,16+/m1/s1. The Morgan fingerprint density at radius 2 is 1.71 bits per heavy atom. The van der Waals surface area contributed by atoms with Crippen molar-refractivity contribution in [3.05, 3.63) is 35.9 Å². The summed E-state index contributed by atoms with van der Waals surface area (Å²) in [6.07, 6.45) is -0.278. The van der Waals surface area contributed by atoms with E-state index in [1.807, 2.05) is 30.3 Å². The molecule has 168 valence electrons. The Bertz CT molecular complexity index is 828. The molecular formula is C21H27N3O7. The molecule has 4 N–H and O–H groups in total. The van der Waals surface area contributed by atoms with Gasteiger partial charge in [0.2, 0.25) is 17.7 Å². The number of carboxylic acid groups (broad SMARTS) is 1. The number of hydrogen-bond donors (Lipinski definition) is 4. The van der Waals surface area contributed by atoms with Gasteiger partial charge in [0.1, 0.15) is 18.1 Å². The third-order valence-corrected chi connectivity index (χ3v) is 4.85. The van der Waals surface area contributed by atoms with Crippen molar-refractivity contribution in [2.45, 2.75) is 51.2 Å². The number of carbonyl (C=O) groups is 5. The zero-order valence-corrected chi connectivity index (χ0v) is 17.4. The van der Waals surface area contributed by atoms with Crippen LogP contribution in [0.5, 0.6) is 0 Å². The first-order chi connectivity index (χ1) is 14.7. The lowest BCUT2D eigenvalue weighted by Gasteiger charge is -2.29. The van der Waals surface area contributed by atoms with E-state index in [2.05, 4.69) is 16.0 Å². The van der Waals surface area contributed by atoms with Gasteiger partial charge in [-0.15, -0.1) is 0 Å². The van der Waals surface area contributed by atoms with Crippen LogP contribution < -0.4 is 16.0 Å². The quantitative estimate of drug-likeness (QED) is 0.372. The summed E-state index contributed by atoms with van der Waals surface area (Å²) in [6, 6.07) is 5.96. The molecule has 1 aromatic rings. The third-order valence-electron chi connectivity index (χ3n) is 4.85. The second kappa shape index (κ2) is 11.1. The number of hydrogen-bond acceptors (Lipinski definition) is 6. The van der Waals surface area contributed by atoms with E-state index in [4.69, 9.17) is 4.74 Å². The fourth-order valence-corrected chi connectivity index (χ4v) is 3.21. The van der Waals surface area contributed by atoms with Crippen LogP contribution >= 0.6 is 0 Å². The fraction of sp³-hybridized carbons (Fsp3) is 0.476. The van der Waals surface area contributed by atoms with Crippen molar-refractivity contribution in [3.8, 4) is 0 Å². The third kappa shape index (κ3) is 7.09. The molecule has 0 aromatic heterocycles. The molecule has 31 heavy (non-hydrogen) atoms. The van der Waals surface area contributed by atoms with Crippen LogP contribution in [0.2, 0.25) is 0 Å². The van der Waals surface area contributed by atoms with Gasteiger partial charge >= 0.3 is 11.9 Å². The monoisotopic (exact) mass is 433 g/mol. The zero-order chi connectivity index (χ0) is 23.0. The van der Waals surface area contributed by atoms with Crippen LogP contribution in [0.25, 0.3) is 0 Å². The first-order valence-corrected chi connectivity index (χ1v) is 10.0. The summed E-state index contributed by atoms with van der Waals surface area (Å²) in [5.74, 6) is -4.30. The molecule has 1 aliphatic rings. The van der Waals surface area contributed by atoms with E-state index in [9.17, 15) is 29.1 Å². The van der Waals surface area contributed by atoms with E-state index in [-0.39, 0.29) is 13.0 Å². The Kier molecular flexibility index (Phi) is 8.53. The molecule has 2 rings (SSSR count). The molecular weight excluding hydrogens is 406 g/mol. The number of rotatable bonds is 10. The summed E-state index contributed by atoms with van der Waals surface area (Å²) in [4.78, 5) is 60.2. The zero-order valence-electron chi connectivity index (χ0n) is 17.4. The van der Waals surface area contributed by atoms with Crippen molar-refractivity contribution >= 4 is 29.7 Å². The largest absolute Gasteiger partial charge is 0.480 e. The Morgan fingerprint density at radius 3 is 2.32 bits per heavy atom. The van der Waals surface area contributed by atoms with Crippen molar-refractivity contribution in [3.63, 3.8) is 0 Å². The van der Waals surface area contributed by atoms with E-state index in [0.717, 1.165) is 5.56 Å². The van der Waals surface area contributed by atoms with E-state index >= 15 is 0 Å². The smallest absolute Gasteiger partial charge is 0.326 e. The Morgan fingerprint density at radius 1 is 1.10 bits per heavy atom. The minimum atomic E-state index is -1.33. The van der Waals surface area contributed by atoms with Crippen LogP contribution in [-0.4, -0.2) is 59.5 Å². The maximum Gasteiger partial charge on any atom is 0.326 e. The molecule has 3 amide bonds. The highest BCUT2D eigenvalue weighted by molar-refractivity contribution is 5.99. The summed E-state index contributed by atoms with van der Waals surface area (Å²) < 4.78 is 4.84. The number of piperazine rings is 1. The maximum absolute atomic E-state index is 12.4. The minimum absolute atomic E-state index is 0.162. The van der Waals surface area contributed by atoms with Gasteiger partial charge < -0.3 is 25.8 Å². The SMILES string of the molecule is CCOC(=O)[C@H](C)C[C@H](NC(=O)C[C@@H]1NC(=O)[C@H](Cc2ccccc2)NC1=O)C(=O)O. The summed E-state index contributed by atoms with van der Waals surface area (Å²) in [6.45, 7) is 3.30. The topological polar surface area (TPSA) is 151 Å². The highest BCUT2D eigenvalue weighted by atomic mass is 16.5. The molecule has 1 fully saturated rings. The molecule has 10 heteroatoms. The van der Waals surface area contributed by atoms with Crippen molar-refractivity contribution in [2.24, 2.45) is 5.92 Å². The highest BCUT2D eigenvalue weighted by Crippen LogP contribution is 2.11. The number of carboxylic acids is 1. The average Bonchev–Trinajstić information content (AvgIpc) is 2.72. The van der Waals surface area contributed by atoms with Gasteiger partial charge in [-0.3, -0.25) is 19.2 Å². The number of nitrogens with one attached hydrogen (secondary N) is 3. The lowest BCUT2D eigenvalue weighted by atomic mass is 10.00. The normalized spacial score (nSPS) is 20.1. The highest BCUT2D eigenvalue weighted by Gasteiger charge is 2.35. The first kappa shape index (κ1) is 23.8. The Hall–Kier alpha value is -3.43. The lowest BCUT2D eigenvalue weighted by molar-refractivity contribution is -0.149.